The molecule has 2 heterocycles. The number of methoxy groups -OCH3 is 1. The lowest BCUT2D eigenvalue weighted by atomic mass is 9.66. The molecule has 2 aromatic rings. The summed E-state index contributed by atoms with van der Waals surface area (Å²) in [6, 6.07) is 1.62. The zero-order chi connectivity index (χ0) is 14.3. The van der Waals surface area contributed by atoms with E-state index in [1.165, 1.54) is 6.20 Å². The van der Waals surface area contributed by atoms with Crippen LogP contribution in [0.25, 0.3) is 5.65 Å². The predicted molar refractivity (Wildman–Crippen MR) is 72.4 cm³/mol. The number of nitrogens with zero attached hydrogens (tertiary/aromatic N) is 3. The number of aromatic carboxylic acids is 1. The Balaban J connectivity index is 2.29. The number of hydrogen-bond donors (Lipinski definition) is 1. The van der Waals surface area contributed by atoms with Gasteiger partial charge in [0, 0.05) is 24.8 Å². The van der Waals surface area contributed by atoms with Gasteiger partial charge in [-0.3, -0.25) is 0 Å². The van der Waals surface area contributed by atoms with Gasteiger partial charge in [0.2, 0.25) is 0 Å². The van der Waals surface area contributed by atoms with E-state index in [9.17, 15) is 9.90 Å². The first-order valence-corrected chi connectivity index (χ1v) is 6.72. The smallest absolute Gasteiger partial charge is 0.339 e. The third-order valence-corrected chi connectivity index (χ3v) is 4.10. The van der Waals surface area contributed by atoms with Gasteiger partial charge in [-0.15, -0.1) is 0 Å². The average Bonchev–Trinajstić information content (AvgIpc) is 2.73. The molecule has 0 spiro atoms. The largest absolute Gasteiger partial charge is 0.478 e. The highest BCUT2D eigenvalue weighted by Crippen LogP contribution is 2.45. The van der Waals surface area contributed by atoms with E-state index >= 15 is 0 Å². The molecule has 0 radical (unpaired) electrons. The van der Waals surface area contributed by atoms with E-state index in [4.69, 9.17) is 16.3 Å². The highest BCUT2D eigenvalue weighted by atomic mass is 35.5. The standard InChI is InChI=1S/C13H14ClN3O3/c1-20-7-13(3-2-4-13)11-8(12(18)19)6-15-10-5-9(14)16-17(10)11/h5-6H,2-4,7H2,1H3,(H,18,19). The van der Waals surface area contributed by atoms with Crippen LogP contribution in [0.2, 0.25) is 5.15 Å². The first kappa shape index (κ1) is 13.3. The van der Waals surface area contributed by atoms with Crippen molar-refractivity contribution in [2.75, 3.05) is 13.7 Å². The molecule has 0 aliphatic heterocycles. The molecule has 0 aromatic carbocycles. The van der Waals surface area contributed by atoms with Crippen LogP contribution in [0.15, 0.2) is 12.3 Å². The molecule has 0 amide bonds. The van der Waals surface area contributed by atoms with Crippen molar-refractivity contribution in [1.29, 1.82) is 0 Å². The van der Waals surface area contributed by atoms with Crippen LogP contribution in [0.5, 0.6) is 0 Å². The quantitative estimate of drug-likeness (QED) is 0.935. The Hall–Kier alpha value is -1.66. The second kappa shape index (κ2) is 4.71. The molecule has 1 aliphatic carbocycles. The van der Waals surface area contributed by atoms with E-state index < -0.39 is 5.97 Å². The van der Waals surface area contributed by atoms with Crippen molar-refractivity contribution in [2.24, 2.45) is 0 Å². The number of aromatic nitrogens is 3. The molecule has 1 saturated carbocycles. The Morgan fingerprint density at radius 1 is 1.60 bits per heavy atom. The van der Waals surface area contributed by atoms with Gasteiger partial charge in [-0.2, -0.15) is 5.10 Å². The number of ether oxygens (including phenoxy) is 1. The molecule has 20 heavy (non-hydrogen) atoms. The fourth-order valence-electron chi connectivity index (χ4n) is 2.90. The van der Waals surface area contributed by atoms with Gasteiger partial charge in [0.15, 0.2) is 10.8 Å². The molecule has 1 fully saturated rings. The molecular formula is C13H14ClN3O3. The molecule has 1 N–H and O–H groups in total. The minimum atomic E-state index is -1.01. The van der Waals surface area contributed by atoms with Gasteiger partial charge in [-0.1, -0.05) is 18.0 Å². The Kier molecular flexibility index (Phi) is 3.14. The third-order valence-electron chi connectivity index (χ3n) is 3.92. The second-order valence-corrected chi connectivity index (χ2v) is 5.52. The van der Waals surface area contributed by atoms with Gasteiger partial charge in [-0.05, 0) is 12.8 Å². The number of rotatable bonds is 4. The van der Waals surface area contributed by atoms with Gasteiger partial charge in [0.25, 0.3) is 0 Å². The summed E-state index contributed by atoms with van der Waals surface area (Å²) in [6.07, 6.45) is 4.16. The maximum absolute atomic E-state index is 11.5. The summed E-state index contributed by atoms with van der Waals surface area (Å²) in [5, 5.41) is 13.9. The topological polar surface area (TPSA) is 76.7 Å². The van der Waals surface area contributed by atoms with Crippen LogP contribution < -0.4 is 0 Å². The van der Waals surface area contributed by atoms with Crippen molar-refractivity contribution in [1.82, 2.24) is 14.6 Å². The van der Waals surface area contributed by atoms with Crippen molar-refractivity contribution in [3.05, 3.63) is 28.7 Å². The zero-order valence-corrected chi connectivity index (χ0v) is 11.7. The predicted octanol–water partition coefficient (Wildman–Crippen LogP) is 2.15. The molecule has 6 nitrogen and oxygen atoms in total. The lowest BCUT2D eigenvalue weighted by molar-refractivity contribution is 0.0637. The van der Waals surface area contributed by atoms with Gasteiger partial charge < -0.3 is 9.84 Å². The highest BCUT2D eigenvalue weighted by molar-refractivity contribution is 6.29. The molecule has 106 valence electrons. The van der Waals surface area contributed by atoms with Crippen LogP contribution in [0.3, 0.4) is 0 Å². The summed E-state index contributed by atoms with van der Waals surface area (Å²) in [6.45, 7) is 0.462. The molecular weight excluding hydrogens is 282 g/mol. The van der Waals surface area contributed by atoms with Crippen LogP contribution in [-0.4, -0.2) is 39.4 Å². The Labute approximate surface area is 120 Å². The van der Waals surface area contributed by atoms with E-state index in [1.807, 2.05) is 0 Å². The average molecular weight is 296 g/mol. The van der Waals surface area contributed by atoms with Gasteiger partial charge in [-0.25, -0.2) is 14.3 Å². The number of carboxylic acids is 1. The maximum Gasteiger partial charge on any atom is 0.339 e. The van der Waals surface area contributed by atoms with Crippen LogP contribution in [0.4, 0.5) is 0 Å². The van der Waals surface area contributed by atoms with Crippen molar-refractivity contribution >= 4 is 23.2 Å². The summed E-state index contributed by atoms with van der Waals surface area (Å²) in [4.78, 5) is 15.6. The van der Waals surface area contributed by atoms with Crippen molar-refractivity contribution < 1.29 is 14.6 Å². The van der Waals surface area contributed by atoms with Crippen LogP contribution in [0, 0.1) is 0 Å². The van der Waals surface area contributed by atoms with Crippen LogP contribution in [0.1, 0.15) is 35.3 Å². The van der Waals surface area contributed by atoms with E-state index in [0.29, 0.717) is 23.1 Å². The Morgan fingerprint density at radius 3 is 2.90 bits per heavy atom. The minimum absolute atomic E-state index is 0.161. The number of hydrogen-bond acceptors (Lipinski definition) is 4. The zero-order valence-electron chi connectivity index (χ0n) is 11.0. The molecule has 3 rings (SSSR count). The van der Waals surface area contributed by atoms with Gasteiger partial charge >= 0.3 is 5.97 Å². The summed E-state index contributed by atoms with van der Waals surface area (Å²) >= 11 is 5.92. The van der Waals surface area contributed by atoms with E-state index in [0.717, 1.165) is 19.3 Å². The molecule has 7 heteroatoms. The van der Waals surface area contributed by atoms with Crippen LogP contribution in [-0.2, 0) is 10.2 Å². The summed E-state index contributed by atoms with van der Waals surface area (Å²) in [5.74, 6) is -1.01. The normalized spacial score (nSPS) is 17.1. The second-order valence-electron chi connectivity index (χ2n) is 5.13. The number of carboxylic acid groups (broad SMARTS) is 1. The van der Waals surface area contributed by atoms with E-state index in [-0.39, 0.29) is 11.0 Å². The number of fused-ring (bicyclic) bond motifs is 1. The Morgan fingerprint density at radius 2 is 2.35 bits per heavy atom. The van der Waals surface area contributed by atoms with Crippen LogP contribution >= 0.6 is 11.6 Å². The summed E-state index contributed by atoms with van der Waals surface area (Å²) in [5.41, 5.74) is 1.03. The summed E-state index contributed by atoms with van der Waals surface area (Å²) in [7, 11) is 1.62. The fraction of sp³-hybridized carbons (Fsp3) is 0.462. The van der Waals surface area contributed by atoms with Crippen molar-refractivity contribution in [3.8, 4) is 0 Å². The number of carbonyl (C=O) groups is 1. The lowest BCUT2D eigenvalue weighted by Crippen LogP contribution is -2.42. The maximum atomic E-state index is 11.5. The Bertz CT molecular complexity index is 679. The van der Waals surface area contributed by atoms with E-state index in [1.54, 1.807) is 17.7 Å². The van der Waals surface area contributed by atoms with E-state index in [2.05, 4.69) is 10.1 Å². The third kappa shape index (κ3) is 1.87. The lowest BCUT2D eigenvalue weighted by Gasteiger charge is -2.42. The molecule has 0 bridgehead atoms. The fourth-order valence-corrected chi connectivity index (χ4v) is 3.08. The van der Waals surface area contributed by atoms with Crippen molar-refractivity contribution in [3.63, 3.8) is 0 Å². The highest BCUT2D eigenvalue weighted by Gasteiger charge is 2.44. The molecule has 2 aromatic heterocycles. The molecule has 1 aliphatic rings. The summed E-state index contributed by atoms with van der Waals surface area (Å²) < 4.78 is 6.85. The molecule has 0 saturated heterocycles. The number of halogens is 1. The monoisotopic (exact) mass is 295 g/mol. The first-order valence-electron chi connectivity index (χ1n) is 6.34. The minimum Gasteiger partial charge on any atom is -0.478 e. The molecule has 0 unspecified atom stereocenters. The first-order chi connectivity index (χ1) is 9.57. The SMILES string of the molecule is COCC1(c2c(C(=O)O)cnc3cc(Cl)nn23)CCC1. The molecule has 0 atom stereocenters. The van der Waals surface area contributed by atoms with Crippen molar-refractivity contribution in [2.45, 2.75) is 24.7 Å². The van der Waals surface area contributed by atoms with Gasteiger partial charge in [0.1, 0.15) is 5.56 Å². The van der Waals surface area contributed by atoms with Gasteiger partial charge in [0.05, 0.1) is 12.3 Å².